The van der Waals surface area contributed by atoms with Crippen LogP contribution in [0.25, 0.3) is 10.4 Å². The molecule has 0 radical (unpaired) electrons. The summed E-state index contributed by atoms with van der Waals surface area (Å²) in [7, 11) is 0. The van der Waals surface area contributed by atoms with Crippen LogP contribution in [0.4, 0.5) is 0 Å². The standard InChI is InChI=1S/C6H9N5/c1-6-8-2-4-11(6)5-3-9-10-7/h2,4H,3,5H2,1H3. The zero-order valence-corrected chi connectivity index (χ0v) is 6.30. The minimum absolute atomic E-state index is 0.480. The Morgan fingerprint density at radius 1 is 1.82 bits per heavy atom. The first kappa shape index (κ1) is 7.63. The Hall–Kier alpha value is -1.48. The molecule has 0 saturated carbocycles. The highest BCUT2D eigenvalue weighted by Gasteiger charge is 1.92. The van der Waals surface area contributed by atoms with E-state index in [4.69, 9.17) is 5.53 Å². The summed E-state index contributed by atoms with van der Waals surface area (Å²) in [6.07, 6.45) is 3.59. The van der Waals surface area contributed by atoms with Crippen molar-refractivity contribution in [2.24, 2.45) is 5.11 Å². The Balaban J connectivity index is 2.50. The molecule has 0 spiro atoms. The van der Waals surface area contributed by atoms with Gasteiger partial charge in [-0.25, -0.2) is 4.98 Å². The van der Waals surface area contributed by atoms with Crippen molar-refractivity contribution in [1.82, 2.24) is 9.55 Å². The minimum Gasteiger partial charge on any atom is -0.335 e. The Labute approximate surface area is 64.3 Å². The molecule has 1 rings (SSSR count). The predicted molar refractivity (Wildman–Crippen MR) is 41.0 cm³/mol. The number of rotatable bonds is 3. The maximum absolute atomic E-state index is 8.00. The van der Waals surface area contributed by atoms with Crippen molar-refractivity contribution in [2.75, 3.05) is 6.54 Å². The van der Waals surface area contributed by atoms with Crippen LogP contribution in [0.15, 0.2) is 17.5 Å². The lowest BCUT2D eigenvalue weighted by molar-refractivity contribution is 0.682. The maximum Gasteiger partial charge on any atom is 0.105 e. The predicted octanol–water partition coefficient (Wildman–Crippen LogP) is 1.50. The zero-order chi connectivity index (χ0) is 8.10. The molecule has 0 fully saturated rings. The van der Waals surface area contributed by atoms with Crippen molar-refractivity contribution in [1.29, 1.82) is 0 Å². The summed E-state index contributed by atoms with van der Waals surface area (Å²) < 4.78 is 1.94. The van der Waals surface area contributed by atoms with Crippen LogP contribution in [0.1, 0.15) is 5.82 Å². The van der Waals surface area contributed by atoms with E-state index < -0.39 is 0 Å². The Kier molecular flexibility index (Phi) is 2.52. The molecule has 0 atom stereocenters. The highest BCUT2D eigenvalue weighted by Crippen LogP contribution is 1.94. The fourth-order valence-electron chi connectivity index (χ4n) is 0.837. The highest BCUT2D eigenvalue weighted by molar-refractivity contribution is 4.88. The van der Waals surface area contributed by atoms with Gasteiger partial charge < -0.3 is 4.57 Å². The van der Waals surface area contributed by atoms with E-state index in [2.05, 4.69) is 15.0 Å². The molecular weight excluding hydrogens is 142 g/mol. The van der Waals surface area contributed by atoms with Gasteiger partial charge in [-0.15, -0.1) is 0 Å². The van der Waals surface area contributed by atoms with Gasteiger partial charge in [-0.05, 0) is 12.5 Å². The number of nitrogens with zero attached hydrogens (tertiary/aromatic N) is 5. The molecule has 0 bridgehead atoms. The third-order valence-electron chi connectivity index (χ3n) is 1.43. The van der Waals surface area contributed by atoms with Gasteiger partial charge >= 0.3 is 0 Å². The van der Waals surface area contributed by atoms with Crippen LogP contribution in [0.3, 0.4) is 0 Å². The number of hydrogen-bond acceptors (Lipinski definition) is 2. The van der Waals surface area contributed by atoms with Crippen LogP contribution >= 0.6 is 0 Å². The molecule has 0 aliphatic carbocycles. The molecule has 0 aliphatic rings. The second-order valence-electron chi connectivity index (χ2n) is 2.12. The molecule has 0 amide bonds. The van der Waals surface area contributed by atoms with Crippen molar-refractivity contribution >= 4 is 0 Å². The van der Waals surface area contributed by atoms with Crippen LogP contribution in [0, 0.1) is 6.92 Å². The SMILES string of the molecule is Cc1nccn1CCN=[N+]=[N-]. The van der Waals surface area contributed by atoms with Crippen molar-refractivity contribution in [3.05, 3.63) is 28.7 Å². The molecule has 0 unspecified atom stereocenters. The van der Waals surface area contributed by atoms with Gasteiger partial charge in [0.05, 0.1) is 0 Å². The van der Waals surface area contributed by atoms with E-state index in [1.165, 1.54) is 0 Å². The number of hydrogen-bond donors (Lipinski definition) is 0. The smallest absolute Gasteiger partial charge is 0.105 e. The van der Waals surface area contributed by atoms with Crippen LogP contribution in [0.5, 0.6) is 0 Å². The Morgan fingerprint density at radius 2 is 2.64 bits per heavy atom. The average Bonchev–Trinajstić information content (AvgIpc) is 2.37. The van der Waals surface area contributed by atoms with E-state index >= 15 is 0 Å². The Morgan fingerprint density at radius 3 is 3.18 bits per heavy atom. The van der Waals surface area contributed by atoms with Gasteiger partial charge in [-0.3, -0.25) is 0 Å². The summed E-state index contributed by atoms with van der Waals surface area (Å²) in [6.45, 7) is 3.10. The molecule has 11 heavy (non-hydrogen) atoms. The summed E-state index contributed by atoms with van der Waals surface area (Å²) >= 11 is 0. The van der Waals surface area contributed by atoms with E-state index in [1.807, 2.05) is 17.7 Å². The van der Waals surface area contributed by atoms with Gasteiger partial charge in [0.2, 0.25) is 0 Å². The monoisotopic (exact) mass is 151 g/mol. The van der Waals surface area contributed by atoms with Crippen LogP contribution in [-0.4, -0.2) is 16.1 Å². The molecule has 0 aliphatic heterocycles. The quantitative estimate of drug-likeness (QED) is 0.366. The third-order valence-corrected chi connectivity index (χ3v) is 1.43. The largest absolute Gasteiger partial charge is 0.335 e. The number of aryl methyl sites for hydroxylation is 1. The van der Waals surface area contributed by atoms with Crippen molar-refractivity contribution in [3.63, 3.8) is 0 Å². The number of azide groups is 1. The van der Waals surface area contributed by atoms with E-state index in [1.54, 1.807) is 6.20 Å². The van der Waals surface area contributed by atoms with Gasteiger partial charge in [-0.1, -0.05) is 5.11 Å². The lowest BCUT2D eigenvalue weighted by Gasteiger charge is -1.99. The molecule has 0 N–H and O–H groups in total. The first-order valence-electron chi connectivity index (χ1n) is 3.33. The minimum atomic E-state index is 0.480. The summed E-state index contributed by atoms with van der Waals surface area (Å²) in [6, 6.07) is 0. The van der Waals surface area contributed by atoms with Crippen molar-refractivity contribution in [3.8, 4) is 0 Å². The average molecular weight is 151 g/mol. The first-order chi connectivity index (χ1) is 5.34. The fraction of sp³-hybridized carbons (Fsp3) is 0.500. The summed E-state index contributed by atoms with van der Waals surface area (Å²) in [5, 5.41) is 3.42. The van der Waals surface area contributed by atoms with Gasteiger partial charge in [0, 0.05) is 30.4 Å². The molecule has 5 heteroatoms. The maximum atomic E-state index is 8.00. The van der Waals surface area contributed by atoms with Gasteiger partial charge in [0.15, 0.2) is 0 Å². The highest BCUT2D eigenvalue weighted by atomic mass is 15.2. The molecule has 1 aromatic rings. The zero-order valence-electron chi connectivity index (χ0n) is 6.30. The van der Waals surface area contributed by atoms with Crippen LogP contribution in [-0.2, 0) is 6.54 Å². The molecule has 58 valence electrons. The summed E-state index contributed by atoms with van der Waals surface area (Å²) in [4.78, 5) is 6.68. The van der Waals surface area contributed by atoms with E-state index in [0.29, 0.717) is 13.1 Å². The van der Waals surface area contributed by atoms with Gasteiger partial charge in [0.25, 0.3) is 0 Å². The van der Waals surface area contributed by atoms with Gasteiger partial charge in [-0.2, -0.15) is 0 Å². The summed E-state index contributed by atoms with van der Waals surface area (Å²) in [5.41, 5.74) is 8.00. The number of aromatic nitrogens is 2. The molecule has 5 nitrogen and oxygen atoms in total. The van der Waals surface area contributed by atoms with Crippen LogP contribution < -0.4 is 0 Å². The molecular formula is C6H9N5. The first-order valence-corrected chi connectivity index (χ1v) is 3.33. The molecule has 0 aromatic carbocycles. The number of imidazole rings is 1. The van der Waals surface area contributed by atoms with Crippen molar-refractivity contribution < 1.29 is 0 Å². The third kappa shape index (κ3) is 1.98. The van der Waals surface area contributed by atoms with E-state index in [-0.39, 0.29) is 0 Å². The second-order valence-corrected chi connectivity index (χ2v) is 2.12. The lowest BCUT2D eigenvalue weighted by Crippen LogP contribution is -2.01. The molecule has 1 heterocycles. The molecule has 1 aromatic heterocycles. The normalized spacial score (nSPS) is 9.18. The van der Waals surface area contributed by atoms with Crippen LogP contribution in [0.2, 0.25) is 0 Å². The Bertz CT molecular complexity index is 270. The summed E-state index contributed by atoms with van der Waals surface area (Å²) in [5.74, 6) is 0.943. The van der Waals surface area contributed by atoms with Crippen molar-refractivity contribution in [2.45, 2.75) is 13.5 Å². The topological polar surface area (TPSA) is 66.6 Å². The lowest BCUT2D eigenvalue weighted by atomic mass is 10.6. The fourth-order valence-corrected chi connectivity index (χ4v) is 0.837. The van der Waals surface area contributed by atoms with E-state index in [9.17, 15) is 0 Å². The van der Waals surface area contributed by atoms with Gasteiger partial charge in [0.1, 0.15) is 5.82 Å². The second kappa shape index (κ2) is 3.63. The molecule has 0 saturated heterocycles. The van der Waals surface area contributed by atoms with E-state index in [0.717, 1.165) is 5.82 Å².